The van der Waals surface area contributed by atoms with Gasteiger partial charge in [0.15, 0.2) is 0 Å². The first-order valence-corrected chi connectivity index (χ1v) is 10.9. The minimum Gasteiger partial charge on any atom is -0.444 e. The minimum atomic E-state index is -0.787. The van der Waals surface area contributed by atoms with Crippen LogP contribution in [0, 0.1) is 11.7 Å². The van der Waals surface area contributed by atoms with E-state index in [0.29, 0.717) is 30.1 Å². The number of thiophene rings is 1. The van der Waals surface area contributed by atoms with E-state index >= 15 is 0 Å². The van der Waals surface area contributed by atoms with E-state index in [1.54, 1.807) is 31.7 Å². The van der Waals surface area contributed by atoms with E-state index in [4.69, 9.17) is 4.74 Å². The van der Waals surface area contributed by atoms with Crippen LogP contribution in [0.4, 0.5) is 20.6 Å². The number of carbonyl (C=O) groups excluding carboxylic acids is 3. The van der Waals surface area contributed by atoms with Crippen LogP contribution in [0.3, 0.4) is 0 Å². The second-order valence-corrected chi connectivity index (χ2v) is 9.33. The van der Waals surface area contributed by atoms with Crippen LogP contribution < -0.4 is 10.6 Å². The van der Waals surface area contributed by atoms with Gasteiger partial charge in [-0.3, -0.25) is 14.9 Å². The quantitative estimate of drug-likeness (QED) is 0.710. The van der Waals surface area contributed by atoms with Gasteiger partial charge in [-0.1, -0.05) is 6.07 Å². The molecule has 1 saturated heterocycles. The molecular weight excluding hydrogens is 421 g/mol. The predicted molar refractivity (Wildman–Crippen MR) is 118 cm³/mol. The molecule has 0 spiro atoms. The Bertz CT molecular complexity index is 956. The number of hydrogen-bond acceptors (Lipinski definition) is 5. The van der Waals surface area contributed by atoms with E-state index < -0.39 is 17.5 Å². The van der Waals surface area contributed by atoms with Gasteiger partial charge in [-0.15, -0.1) is 11.3 Å². The number of hydrogen-bond donors (Lipinski definition) is 2. The third-order valence-electron chi connectivity index (χ3n) is 4.68. The lowest BCUT2D eigenvalue weighted by Gasteiger charge is -2.31. The third kappa shape index (κ3) is 6.27. The van der Waals surface area contributed by atoms with Crippen molar-refractivity contribution in [1.82, 2.24) is 4.90 Å². The maximum Gasteiger partial charge on any atom is 0.412 e. The molecule has 1 fully saturated rings. The van der Waals surface area contributed by atoms with Gasteiger partial charge in [0.1, 0.15) is 11.4 Å². The van der Waals surface area contributed by atoms with Gasteiger partial charge in [-0.05, 0) is 63.3 Å². The van der Waals surface area contributed by atoms with Crippen LogP contribution in [0.25, 0.3) is 0 Å². The van der Waals surface area contributed by atoms with Crippen LogP contribution in [0.5, 0.6) is 0 Å². The Labute approximate surface area is 184 Å². The Hall–Kier alpha value is -2.94. The van der Waals surface area contributed by atoms with Gasteiger partial charge in [0.05, 0.1) is 16.5 Å². The second-order valence-electron chi connectivity index (χ2n) is 8.38. The molecule has 31 heavy (non-hydrogen) atoms. The number of anilines is 2. The Morgan fingerprint density at radius 3 is 2.65 bits per heavy atom. The first kappa shape index (κ1) is 22.7. The maximum absolute atomic E-state index is 14.1. The van der Waals surface area contributed by atoms with Crippen LogP contribution in [-0.2, 0) is 9.53 Å². The molecule has 7 nitrogen and oxygen atoms in total. The summed E-state index contributed by atoms with van der Waals surface area (Å²) in [6.07, 6.45) is 0.596. The van der Waals surface area contributed by atoms with Crippen LogP contribution in [0.15, 0.2) is 35.7 Å². The van der Waals surface area contributed by atoms with E-state index in [1.807, 2.05) is 11.4 Å². The van der Waals surface area contributed by atoms with Crippen molar-refractivity contribution in [3.8, 4) is 0 Å². The second kappa shape index (κ2) is 9.47. The molecule has 0 radical (unpaired) electrons. The van der Waals surface area contributed by atoms with E-state index in [0.717, 1.165) is 12.5 Å². The number of amides is 3. The maximum atomic E-state index is 14.1. The topological polar surface area (TPSA) is 87.7 Å². The number of likely N-dealkylation sites (tertiary alicyclic amines) is 1. The molecule has 1 aromatic heterocycles. The summed E-state index contributed by atoms with van der Waals surface area (Å²) >= 11 is 1.38. The fourth-order valence-electron chi connectivity index (χ4n) is 3.29. The van der Waals surface area contributed by atoms with Crippen molar-refractivity contribution in [3.63, 3.8) is 0 Å². The number of nitrogens with one attached hydrogen (secondary N) is 2. The molecule has 0 bridgehead atoms. The highest BCUT2D eigenvalue weighted by atomic mass is 32.1. The van der Waals surface area contributed by atoms with Crippen molar-refractivity contribution in [3.05, 3.63) is 46.4 Å². The summed E-state index contributed by atoms with van der Waals surface area (Å²) in [5.74, 6) is -1.34. The van der Waals surface area contributed by atoms with Gasteiger partial charge in [-0.25, -0.2) is 9.18 Å². The molecule has 3 rings (SSSR count). The Kier molecular flexibility index (Phi) is 6.94. The molecule has 9 heteroatoms. The molecule has 0 aliphatic carbocycles. The molecule has 166 valence electrons. The summed E-state index contributed by atoms with van der Waals surface area (Å²) in [6, 6.07) is 7.52. The zero-order valence-corrected chi connectivity index (χ0v) is 18.6. The molecule has 1 atom stereocenters. The highest BCUT2D eigenvalue weighted by molar-refractivity contribution is 7.12. The Balaban J connectivity index is 1.63. The summed E-state index contributed by atoms with van der Waals surface area (Å²) in [4.78, 5) is 39.6. The number of benzene rings is 1. The van der Waals surface area contributed by atoms with Crippen molar-refractivity contribution in [2.75, 3.05) is 23.7 Å². The number of halogens is 1. The molecule has 2 heterocycles. The lowest BCUT2D eigenvalue weighted by Crippen LogP contribution is -2.43. The average Bonchev–Trinajstić information content (AvgIpc) is 3.23. The number of nitrogens with zero attached hydrogens (tertiary/aromatic N) is 1. The fourth-order valence-corrected chi connectivity index (χ4v) is 3.98. The van der Waals surface area contributed by atoms with Crippen LogP contribution in [0.2, 0.25) is 0 Å². The first-order valence-electron chi connectivity index (χ1n) is 10.1. The van der Waals surface area contributed by atoms with Gasteiger partial charge in [0, 0.05) is 18.8 Å². The largest absolute Gasteiger partial charge is 0.444 e. The third-order valence-corrected chi connectivity index (χ3v) is 5.54. The van der Waals surface area contributed by atoms with Gasteiger partial charge < -0.3 is 15.0 Å². The molecule has 3 amide bonds. The summed E-state index contributed by atoms with van der Waals surface area (Å²) in [5, 5.41) is 6.97. The van der Waals surface area contributed by atoms with Crippen LogP contribution in [0.1, 0.15) is 43.3 Å². The molecule has 1 aliphatic rings. The van der Waals surface area contributed by atoms with E-state index in [1.165, 1.54) is 23.5 Å². The number of carbonyl (C=O) groups is 3. The van der Waals surface area contributed by atoms with Crippen LogP contribution >= 0.6 is 11.3 Å². The van der Waals surface area contributed by atoms with Crippen molar-refractivity contribution in [1.29, 1.82) is 0 Å². The lowest BCUT2D eigenvalue weighted by atomic mass is 9.97. The van der Waals surface area contributed by atoms with Crippen LogP contribution in [-0.4, -0.2) is 41.5 Å². The molecule has 2 aromatic rings. The smallest absolute Gasteiger partial charge is 0.412 e. The molecule has 2 N–H and O–H groups in total. The Morgan fingerprint density at radius 2 is 1.97 bits per heavy atom. The summed E-state index contributed by atoms with van der Waals surface area (Å²) < 4.78 is 19.2. The summed E-state index contributed by atoms with van der Waals surface area (Å²) in [5.41, 5.74) is -0.468. The zero-order valence-electron chi connectivity index (χ0n) is 17.7. The fraction of sp³-hybridized carbons (Fsp3) is 0.409. The monoisotopic (exact) mass is 447 g/mol. The predicted octanol–water partition coefficient (Wildman–Crippen LogP) is 4.73. The van der Waals surface area contributed by atoms with Crippen molar-refractivity contribution >= 4 is 40.6 Å². The molecule has 0 saturated carbocycles. The summed E-state index contributed by atoms with van der Waals surface area (Å²) in [7, 11) is 0. The van der Waals surface area contributed by atoms with E-state index in [9.17, 15) is 18.8 Å². The lowest BCUT2D eigenvalue weighted by molar-refractivity contribution is -0.121. The van der Waals surface area contributed by atoms with Crippen molar-refractivity contribution in [2.45, 2.75) is 39.2 Å². The molecular formula is C22H26FN3O4S. The van der Waals surface area contributed by atoms with Crippen molar-refractivity contribution < 1.29 is 23.5 Å². The highest BCUT2D eigenvalue weighted by Crippen LogP contribution is 2.24. The van der Waals surface area contributed by atoms with Gasteiger partial charge >= 0.3 is 6.09 Å². The molecule has 1 aromatic carbocycles. The first-order chi connectivity index (χ1) is 14.6. The molecule has 1 aliphatic heterocycles. The van der Waals surface area contributed by atoms with E-state index in [2.05, 4.69) is 10.6 Å². The molecule has 1 unspecified atom stereocenters. The SMILES string of the molecule is CC(C)(C)OC(=O)Nc1cc(NC(=O)C2CCCN(C(=O)c3cccs3)C2)ccc1F. The number of rotatable bonds is 4. The normalized spacial score (nSPS) is 16.5. The highest BCUT2D eigenvalue weighted by Gasteiger charge is 2.29. The standard InChI is InChI=1S/C22H26FN3O4S/c1-22(2,3)30-21(29)25-17-12-15(8-9-16(17)23)24-19(27)14-6-4-10-26(13-14)20(28)18-7-5-11-31-18/h5,7-9,11-12,14H,4,6,10,13H2,1-3H3,(H,24,27)(H,25,29). The summed E-state index contributed by atoms with van der Waals surface area (Å²) in [6.45, 7) is 6.05. The number of piperidine rings is 1. The zero-order chi connectivity index (χ0) is 22.6. The van der Waals surface area contributed by atoms with Gasteiger partial charge in [0.2, 0.25) is 5.91 Å². The van der Waals surface area contributed by atoms with Gasteiger partial charge in [0.25, 0.3) is 5.91 Å². The Morgan fingerprint density at radius 1 is 1.19 bits per heavy atom. The van der Waals surface area contributed by atoms with E-state index in [-0.39, 0.29) is 23.4 Å². The average molecular weight is 448 g/mol. The van der Waals surface area contributed by atoms with Crippen molar-refractivity contribution in [2.24, 2.45) is 5.92 Å². The van der Waals surface area contributed by atoms with Gasteiger partial charge in [-0.2, -0.15) is 0 Å². The minimum absolute atomic E-state index is 0.0712. The number of ether oxygens (including phenoxy) is 1.